The van der Waals surface area contributed by atoms with Crippen LogP contribution in [0.2, 0.25) is 5.02 Å². The first kappa shape index (κ1) is 24.4. The van der Waals surface area contributed by atoms with Crippen LogP contribution in [0.4, 0.5) is 0 Å². The Balaban J connectivity index is 1.60. The predicted octanol–water partition coefficient (Wildman–Crippen LogP) is 3.58. The zero-order valence-corrected chi connectivity index (χ0v) is 20.4. The van der Waals surface area contributed by atoms with Gasteiger partial charge in [-0.1, -0.05) is 49.7 Å². The van der Waals surface area contributed by atoms with Crippen molar-refractivity contribution >= 4 is 17.4 Å². The van der Waals surface area contributed by atoms with Crippen LogP contribution in [0.15, 0.2) is 53.3 Å². The minimum Gasteiger partial charge on any atom is -0.392 e. The van der Waals surface area contributed by atoms with Gasteiger partial charge in [0.05, 0.1) is 18.3 Å². The number of rotatable bonds is 9. The van der Waals surface area contributed by atoms with Crippen LogP contribution in [-0.4, -0.2) is 55.9 Å². The fourth-order valence-electron chi connectivity index (χ4n) is 4.35. The van der Waals surface area contributed by atoms with E-state index in [1.807, 2.05) is 44.2 Å². The summed E-state index contributed by atoms with van der Waals surface area (Å²) in [7, 11) is 0. The van der Waals surface area contributed by atoms with Crippen LogP contribution in [0.3, 0.4) is 0 Å². The molecule has 4 rings (SSSR count). The Morgan fingerprint density at radius 3 is 2.62 bits per heavy atom. The lowest BCUT2D eigenvalue weighted by molar-refractivity contribution is -0.120. The van der Waals surface area contributed by atoms with E-state index in [-0.39, 0.29) is 30.0 Å². The molecule has 0 amide bonds. The fraction of sp³-hybridized carbons (Fsp3) is 0.423. The molecule has 1 aliphatic rings. The fourth-order valence-corrected chi connectivity index (χ4v) is 4.54. The van der Waals surface area contributed by atoms with Crippen molar-refractivity contribution in [2.24, 2.45) is 5.92 Å². The third kappa shape index (κ3) is 5.84. The summed E-state index contributed by atoms with van der Waals surface area (Å²) in [6.45, 7) is 6.48. The SMILES string of the molecule is CC(C)CC(=O)Cn1c(-c2cccc(Cl)c2)nn(-c2ccc(CCN3CCC(O)C3)cc2)c1=O. The number of nitrogens with zero attached hydrogens (tertiary/aromatic N) is 4. The smallest absolute Gasteiger partial charge is 0.351 e. The lowest BCUT2D eigenvalue weighted by atomic mass is 10.1. The van der Waals surface area contributed by atoms with Crippen molar-refractivity contribution in [3.05, 3.63) is 69.6 Å². The second-order valence-corrected chi connectivity index (χ2v) is 9.85. The summed E-state index contributed by atoms with van der Waals surface area (Å²) in [6, 6.07) is 14.9. The number of carbonyl (C=O) groups excluding carboxylic acids is 1. The Hall–Kier alpha value is -2.74. The maximum absolute atomic E-state index is 13.3. The molecule has 1 saturated heterocycles. The minimum absolute atomic E-state index is 0.0118. The maximum Gasteiger partial charge on any atom is 0.351 e. The van der Waals surface area contributed by atoms with Crippen molar-refractivity contribution in [1.82, 2.24) is 19.2 Å². The van der Waals surface area contributed by atoms with Crippen molar-refractivity contribution in [2.75, 3.05) is 19.6 Å². The average molecular weight is 483 g/mol. The van der Waals surface area contributed by atoms with Crippen molar-refractivity contribution in [2.45, 2.75) is 45.8 Å². The molecule has 1 aromatic heterocycles. The molecule has 2 heterocycles. The molecule has 0 bridgehead atoms. The van der Waals surface area contributed by atoms with Gasteiger partial charge in [-0.15, -0.1) is 5.10 Å². The monoisotopic (exact) mass is 482 g/mol. The van der Waals surface area contributed by atoms with Crippen LogP contribution >= 0.6 is 11.6 Å². The zero-order chi connectivity index (χ0) is 24.2. The van der Waals surface area contributed by atoms with Gasteiger partial charge in [0.25, 0.3) is 0 Å². The number of hydrogen-bond donors (Lipinski definition) is 1. The lowest BCUT2D eigenvalue weighted by Gasteiger charge is -2.14. The molecule has 180 valence electrons. The van der Waals surface area contributed by atoms with Crippen LogP contribution in [0.25, 0.3) is 17.1 Å². The van der Waals surface area contributed by atoms with Crippen LogP contribution in [0, 0.1) is 5.92 Å². The first-order chi connectivity index (χ1) is 16.3. The summed E-state index contributed by atoms with van der Waals surface area (Å²) < 4.78 is 2.78. The molecule has 1 fully saturated rings. The number of carbonyl (C=O) groups is 1. The first-order valence-electron chi connectivity index (χ1n) is 11.8. The van der Waals surface area contributed by atoms with E-state index in [9.17, 15) is 14.7 Å². The van der Waals surface area contributed by atoms with Gasteiger partial charge in [-0.3, -0.25) is 9.36 Å². The van der Waals surface area contributed by atoms with Crippen LogP contribution < -0.4 is 5.69 Å². The number of benzene rings is 2. The van der Waals surface area contributed by atoms with E-state index in [1.54, 1.807) is 18.2 Å². The number of aromatic nitrogens is 3. The summed E-state index contributed by atoms with van der Waals surface area (Å²) in [4.78, 5) is 28.2. The van der Waals surface area contributed by atoms with Gasteiger partial charge in [-0.2, -0.15) is 4.68 Å². The molecule has 1 atom stereocenters. The molecule has 0 aliphatic carbocycles. The molecular weight excluding hydrogens is 452 g/mol. The molecule has 7 nitrogen and oxygen atoms in total. The number of Topliss-reactive ketones (excluding diaryl/α,β-unsaturated/α-hetero) is 1. The van der Waals surface area contributed by atoms with Crippen LogP contribution in [0.1, 0.15) is 32.3 Å². The summed E-state index contributed by atoms with van der Waals surface area (Å²) >= 11 is 6.18. The maximum atomic E-state index is 13.3. The molecular formula is C26H31ClN4O3. The second kappa shape index (κ2) is 10.7. The van der Waals surface area contributed by atoms with Gasteiger partial charge < -0.3 is 10.0 Å². The Morgan fingerprint density at radius 2 is 1.97 bits per heavy atom. The Bertz CT molecular complexity index is 1200. The summed E-state index contributed by atoms with van der Waals surface area (Å²) in [5.74, 6) is 0.618. The minimum atomic E-state index is -0.356. The van der Waals surface area contributed by atoms with Gasteiger partial charge in [0.2, 0.25) is 0 Å². The van der Waals surface area contributed by atoms with E-state index in [2.05, 4.69) is 10.00 Å². The third-order valence-electron chi connectivity index (χ3n) is 6.06. The molecule has 8 heteroatoms. The van der Waals surface area contributed by atoms with Gasteiger partial charge in [0.1, 0.15) is 0 Å². The van der Waals surface area contributed by atoms with Crippen LogP contribution in [0.5, 0.6) is 0 Å². The standard InChI is InChI=1S/C26H31ClN4O3/c1-18(2)14-24(33)17-30-25(20-4-3-5-21(27)15-20)28-31(26(30)34)22-8-6-19(7-9-22)10-12-29-13-11-23(32)16-29/h3-9,15,18,23,32H,10-14,16-17H2,1-2H3. The summed E-state index contributed by atoms with van der Waals surface area (Å²) in [6.07, 6.45) is 1.88. The van der Waals surface area contributed by atoms with Gasteiger partial charge in [0.15, 0.2) is 11.6 Å². The molecule has 34 heavy (non-hydrogen) atoms. The van der Waals surface area contributed by atoms with E-state index in [0.717, 1.165) is 38.0 Å². The number of likely N-dealkylation sites (tertiary alicyclic amines) is 1. The quantitative estimate of drug-likeness (QED) is 0.504. The number of aliphatic hydroxyl groups excluding tert-OH is 1. The largest absolute Gasteiger partial charge is 0.392 e. The van der Waals surface area contributed by atoms with Crippen molar-refractivity contribution < 1.29 is 9.90 Å². The van der Waals surface area contributed by atoms with Crippen molar-refractivity contribution in [3.8, 4) is 17.1 Å². The lowest BCUT2D eigenvalue weighted by Crippen LogP contribution is -2.27. The van der Waals surface area contributed by atoms with Gasteiger partial charge in [-0.25, -0.2) is 4.79 Å². The average Bonchev–Trinajstić information content (AvgIpc) is 3.35. The number of β-amino-alcohol motifs (C(OH)–C–C–N with tert-alkyl or cyclic N) is 1. The highest BCUT2D eigenvalue weighted by atomic mass is 35.5. The van der Waals surface area contributed by atoms with E-state index < -0.39 is 0 Å². The first-order valence-corrected chi connectivity index (χ1v) is 12.1. The van der Waals surface area contributed by atoms with Gasteiger partial charge >= 0.3 is 5.69 Å². The summed E-state index contributed by atoms with van der Waals surface area (Å²) in [5.41, 5.74) is 2.12. The van der Waals surface area contributed by atoms with E-state index in [4.69, 9.17) is 11.6 Å². The Labute approximate surface area is 204 Å². The Morgan fingerprint density at radius 1 is 1.21 bits per heavy atom. The zero-order valence-electron chi connectivity index (χ0n) is 19.7. The number of ketones is 1. The molecule has 1 N–H and O–H groups in total. The molecule has 0 saturated carbocycles. The van der Waals surface area contributed by atoms with Gasteiger partial charge in [0, 0.05) is 36.6 Å². The highest BCUT2D eigenvalue weighted by Crippen LogP contribution is 2.22. The van der Waals surface area contributed by atoms with E-state index >= 15 is 0 Å². The third-order valence-corrected chi connectivity index (χ3v) is 6.30. The summed E-state index contributed by atoms with van der Waals surface area (Å²) in [5, 5.41) is 14.8. The van der Waals surface area contributed by atoms with Crippen molar-refractivity contribution in [1.29, 1.82) is 0 Å². The van der Waals surface area contributed by atoms with E-state index in [0.29, 0.717) is 28.5 Å². The highest BCUT2D eigenvalue weighted by Gasteiger charge is 2.21. The molecule has 3 aromatic rings. The van der Waals surface area contributed by atoms with Crippen molar-refractivity contribution in [3.63, 3.8) is 0 Å². The van der Waals surface area contributed by atoms with E-state index in [1.165, 1.54) is 9.25 Å². The van der Waals surface area contributed by atoms with Gasteiger partial charge in [-0.05, 0) is 48.6 Å². The predicted molar refractivity (Wildman–Crippen MR) is 133 cm³/mol. The second-order valence-electron chi connectivity index (χ2n) is 9.41. The number of halogens is 1. The number of aliphatic hydroxyl groups is 1. The molecule has 0 radical (unpaired) electrons. The molecule has 1 unspecified atom stereocenters. The molecule has 2 aromatic carbocycles. The topological polar surface area (TPSA) is 80.4 Å². The normalized spacial score (nSPS) is 16.4. The Kier molecular flexibility index (Phi) is 7.66. The number of hydrogen-bond acceptors (Lipinski definition) is 5. The highest BCUT2D eigenvalue weighted by molar-refractivity contribution is 6.30. The molecule has 1 aliphatic heterocycles. The molecule has 0 spiro atoms. The van der Waals surface area contributed by atoms with Crippen LogP contribution in [-0.2, 0) is 17.8 Å².